The highest BCUT2D eigenvalue weighted by molar-refractivity contribution is 7.90. The average molecular weight is 208 g/mol. The lowest BCUT2D eigenvalue weighted by atomic mass is 10.5. The second-order valence-corrected chi connectivity index (χ2v) is 4.62. The second kappa shape index (κ2) is 5.93. The van der Waals surface area contributed by atoms with Crippen LogP contribution < -0.4 is 10.0 Å². The number of hydrogen-bond acceptors (Lipinski definition) is 4. The van der Waals surface area contributed by atoms with Gasteiger partial charge < -0.3 is 5.32 Å². The molecule has 0 aromatic heterocycles. The molecule has 78 valence electrons. The third kappa shape index (κ3) is 6.53. The molecule has 0 rings (SSSR count). The Kier molecular flexibility index (Phi) is 5.65. The molecule has 0 aliphatic rings. The number of rotatable bonds is 6. The molecule has 0 aliphatic heterocycles. The third-order valence-electron chi connectivity index (χ3n) is 1.36. The zero-order chi connectivity index (χ0) is 10.3. The lowest BCUT2D eigenvalue weighted by Gasteiger charge is -2.04. The van der Waals surface area contributed by atoms with Crippen LogP contribution in [0.4, 0.5) is 0 Å². The van der Waals surface area contributed by atoms with Crippen molar-refractivity contribution in [3.05, 3.63) is 0 Å². The Morgan fingerprint density at radius 2 is 1.92 bits per heavy atom. The molecular formula is C7H16N2O3S. The van der Waals surface area contributed by atoms with Gasteiger partial charge in [-0.2, -0.15) is 0 Å². The minimum Gasteiger partial charge on any atom is -0.308 e. The predicted molar refractivity (Wildman–Crippen MR) is 50.8 cm³/mol. The molecule has 2 N–H and O–H groups in total. The van der Waals surface area contributed by atoms with Crippen molar-refractivity contribution in [3.63, 3.8) is 0 Å². The van der Waals surface area contributed by atoms with Gasteiger partial charge in [-0.15, -0.1) is 0 Å². The van der Waals surface area contributed by atoms with Crippen molar-refractivity contribution in [1.29, 1.82) is 0 Å². The molecule has 0 aromatic rings. The van der Waals surface area contributed by atoms with Crippen molar-refractivity contribution in [2.45, 2.75) is 20.3 Å². The summed E-state index contributed by atoms with van der Waals surface area (Å²) in [5, 5.41) is 2.81. The Morgan fingerprint density at radius 3 is 2.38 bits per heavy atom. The van der Waals surface area contributed by atoms with E-state index in [0.717, 1.165) is 6.42 Å². The van der Waals surface area contributed by atoms with E-state index >= 15 is 0 Å². The quantitative estimate of drug-likeness (QED) is 0.574. The molecule has 0 saturated heterocycles. The van der Waals surface area contributed by atoms with Crippen LogP contribution in [0.2, 0.25) is 0 Å². The van der Waals surface area contributed by atoms with E-state index in [2.05, 4.69) is 5.32 Å². The fraction of sp³-hybridized carbons (Fsp3) is 0.857. The summed E-state index contributed by atoms with van der Waals surface area (Å²) in [4.78, 5) is 10.9. The van der Waals surface area contributed by atoms with Gasteiger partial charge >= 0.3 is 0 Å². The Bertz CT molecular complexity index is 248. The van der Waals surface area contributed by atoms with Gasteiger partial charge in [0.05, 0.1) is 12.3 Å². The lowest BCUT2D eigenvalue weighted by Crippen LogP contribution is -2.38. The summed E-state index contributed by atoms with van der Waals surface area (Å²) in [6.07, 6.45) is 0.911. The first-order valence-corrected chi connectivity index (χ1v) is 5.91. The molecule has 0 saturated carbocycles. The van der Waals surface area contributed by atoms with Crippen LogP contribution in [0, 0.1) is 0 Å². The second-order valence-electron chi connectivity index (χ2n) is 2.61. The zero-order valence-corrected chi connectivity index (χ0v) is 8.78. The molecule has 0 atom stereocenters. The van der Waals surface area contributed by atoms with Gasteiger partial charge in [-0.25, -0.2) is 8.42 Å². The Balaban J connectivity index is 3.75. The lowest BCUT2D eigenvalue weighted by molar-refractivity contribution is -0.118. The van der Waals surface area contributed by atoms with E-state index in [-0.39, 0.29) is 12.3 Å². The van der Waals surface area contributed by atoms with E-state index in [1.807, 2.05) is 11.6 Å². The molecule has 0 unspecified atom stereocenters. The smallest absolute Gasteiger partial charge is 0.247 e. The molecule has 0 radical (unpaired) electrons. The van der Waals surface area contributed by atoms with Crippen LogP contribution in [0.15, 0.2) is 0 Å². The first-order valence-electron chi connectivity index (χ1n) is 4.26. The average Bonchev–Trinajstić information content (AvgIpc) is 2.04. The largest absolute Gasteiger partial charge is 0.308 e. The summed E-state index contributed by atoms with van der Waals surface area (Å²) in [6.45, 7) is 4.20. The summed E-state index contributed by atoms with van der Waals surface area (Å²) in [6, 6.07) is 0. The van der Waals surface area contributed by atoms with Crippen molar-refractivity contribution in [2.75, 3.05) is 18.8 Å². The zero-order valence-electron chi connectivity index (χ0n) is 7.96. The van der Waals surface area contributed by atoms with E-state index in [0.29, 0.717) is 6.54 Å². The van der Waals surface area contributed by atoms with E-state index < -0.39 is 15.9 Å². The molecular weight excluding hydrogens is 192 g/mol. The standard InChI is InChI=1S/C7H16N2O3S/c1-3-5-8-6-7(10)9-13(11,12)4-2/h8H,3-6H2,1-2H3,(H,9,10). The van der Waals surface area contributed by atoms with Gasteiger partial charge in [0.15, 0.2) is 0 Å². The molecule has 1 amide bonds. The fourth-order valence-corrected chi connectivity index (χ4v) is 1.22. The van der Waals surface area contributed by atoms with Crippen LogP contribution in [0.3, 0.4) is 0 Å². The van der Waals surface area contributed by atoms with Crippen molar-refractivity contribution in [1.82, 2.24) is 10.0 Å². The van der Waals surface area contributed by atoms with Gasteiger partial charge in [0.25, 0.3) is 0 Å². The van der Waals surface area contributed by atoms with Gasteiger partial charge in [0.1, 0.15) is 0 Å². The third-order valence-corrected chi connectivity index (χ3v) is 2.66. The predicted octanol–water partition coefficient (Wildman–Crippen LogP) is -0.548. The number of nitrogens with one attached hydrogen (secondary N) is 2. The molecule has 0 aromatic carbocycles. The molecule has 6 heteroatoms. The SMILES string of the molecule is CCCNCC(=O)NS(=O)(=O)CC. The number of amides is 1. The number of hydrogen-bond donors (Lipinski definition) is 2. The van der Waals surface area contributed by atoms with Crippen LogP contribution in [-0.4, -0.2) is 33.2 Å². The van der Waals surface area contributed by atoms with Gasteiger partial charge in [-0.05, 0) is 19.9 Å². The van der Waals surface area contributed by atoms with Gasteiger partial charge in [-0.1, -0.05) is 6.92 Å². The maximum absolute atomic E-state index is 10.9. The van der Waals surface area contributed by atoms with Crippen molar-refractivity contribution >= 4 is 15.9 Å². The molecule has 0 heterocycles. The summed E-state index contributed by atoms with van der Waals surface area (Å²) < 4.78 is 23.7. The minimum absolute atomic E-state index is 0.0487. The fourth-order valence-electron chi connectivity index (χ4n) is 0.660. The number of carbonyl (C=O) groups is 1. The van der Waals surface area contributed by atoms with Crippen LogP contribution in [0.25, 0.3) is 0 Å². The van der Waals surface area contributed by atoms with Gasteiger partial charge in [-0.3, -0.25) is 9.52 Å². The maximum Gasteiger partial charge on any atom is 0.247 e. The maximum atomic E-state index is 10.9. The normalized spacial score (nSPS) is 11.2. The summed E-state index contributed by atoms with van der Waals surface area (Å²) in [5.74, 6) is -0.581. The van der Waals surface area contributed by atoms with Crippen LogP contribution >= 0.6 is 0 Å². The first-order chi connectivity index (χ1) is 6.02. The highest BCUT2D eigenvalue weighted by Gasteiger charge is 2.10. The molecule has 0 aliphatic carbocycles. The van der Waals surface area contributed by atoms with Crippen LogP contribution in [-0.2, 0) is 14.8 Å². The van der Waals surface area contributed by atoms with Crippen LogP contribution in [0.1, 0.15) is 20.3 Å². The van der Waals surface area contributed by atoms with Gasteiger partial charge in [0, 0.05) is 0 Å². The minimum atomic E-state index is -3.40. The van der Waals surface area contributed by atoms with Crippen molar-refractivity contribution < 1.29 is 13.2 Å². The summed E-state index contributed by atoms with van der Waals surface area (Å²) in [7, 11) is -3.40. The molecule has 13 heavy (non-hydrogen) atoms. The van der Waals surface area contributed by atoms with Crippen molar-refractivity contribution in [2.24, 2.45) is 0 Å². The molecule has 5 nitrogen and oxygen atoms in total. The Morgan fingerprint density at radius 1 is 1.31 bits per heavy atom. The highest BCUT2D eigenvalue weighted by Crippen LogP contribution is 1.81. The van der Waals surface area contributed by atoms with E-state index in [4.69, 9.17) is 0 Å². The molecule has 0 bridgehead atoms. The first kappa shape index (κ1) is 12.4. The summed E-state index contributed by atoms with van der Waals surface area (Å²) >= 11 is 0. The van der Waals surface area contributed by atoms with E-state index in [9.17, 15) is 13.2 Å². The Hall–Kier alpha value is -0.620. The molecule has 0 fully saturated rings. The molecule has 0 spiro atoms. The number of sulfonamides is 1. The monoisotopic (exact) mass is 208 g/mol. The van der Waals surface area contributed by atoms with E-state index in [1.165, 1.54) is 6.92 Å². The highest BCUT2D eigenvalue weighted by atomic mass is 32.2. The van der Waals surface area contributed by atoms with E-state index in [1.54, 1.807) is 0 Å². The number of carbonyl (C=O) groups excluding carboxylic acids is 1. The van der Waals surface area contributed by atoms with Crippen LogP contribution in [0.5, 0.6) is 0 Å². The van der Waals surface area contributed by atoms with Gasteiger partial charge in [0.2, 0.25) is 15.9 Å². The summed E-state index contributed by atoms with van der Waals surface area (Å²) in [5.41, 5.74) is 0. The van der Waals surface area contributed by atoms with Crippen molar-refractivity contribution in [3.8, 4) is 0 Å². The Labute approximate surface area is 79.0 Å². The topological polar surface area (TPSA) is 75.3 Å².